The minimum Gasteiger partial charge on any atom is -0.389 e. The van der Waals surface area contributed by atoms with Crippen LogP contribution in [-0.4, -0.2) is 29.5 Å². The van der Waals surface area contributed by atoms with E-state index in [1.165, 1.54) is 12.1 Å². The molecule has 0 radical (unpaired) electrons. The van der Waals surface area contributed by atoms with Gasteiger partial charge in [-0.3, -0.25) is 0 Å². The first-order valence-corrected chi connectivity index (χ1v) is 7.29. The van der Waals surface area contributed by atoms with Crippen LogP contribution in [0.4, 0.5) is 4.39 Å². The third-order valence-corrected chi connectivity index (χ3v) is 5.19. The molecule has 1 aromatic rings. The highest BCUT2D eigenvalue weighted by molar-refractivity contribution is 5.21. The van der Waals surface area contributed by atoms with E-state index in [-0.39, 0.29) is 18.0 Å². The van der Waals surface area contributed by atoms with Crippen molar-refractivity contribution in [2.75, 3.05) is 6.54 Å². The number of halogens is 1. The molecule has 2 heterocycles. The molecular weight excluding hydrogens is 257 g/mol. The molecule has 2 aliphatic rings. The van der Waals surface area contributed by atoms with Gasteiger partial charge in [-0.1, -0.05) is 12.1 Å². The fourth-order valence-electron chi connectivity index (χ4n) is 4.02. The lowest BCUT2D eigenvalue weighted by molar-refractivity contribution is -0.0982. The molecule has 110 valence electrons. The van der Waals surface area contributed by atoms with Crippen LogP contribution >= 0.6 is 0 Å². The first kappa shape index (κ1) is 14.0. The molecule has 0 aromatic heterocycles. The Hall–Kier alpha value is -0.970. The van der Waals surface area contributed by atoms with Crippen LogP contribution in [0, 0.1) is 11.2 Å². The Kier molecular flexibility index (Phi) is 3.35. The topological polar surface area (TPSA) is 55.5 Å². The first-order chi connectivity index (χ1) is 9.47. The van der Waals surface area contributed by atoms with Gasteiger partial charge in [0.25, 0.3) is 0 Å². The summed E-state index contributed by atoms with van der Waals surface area (Å²) in [6.07, 6.45) is 3.47. The molecule has 0 spiro atoms. The lowest BCUT2D eigenvalue weighted by Gasteiger charge is -2.46. The Morgan fingerprint density at radius 2 is 2.30 bits per heavy atom. The van der Waals surface area contributed by atoms with Crippen molar-refractivity contribution < 1.29 is 14.2 Å². The van der Waals surface area contributed by atoms with Gasteiger partial charge in [-0.15, -0.1) is 0 Å². The maximum absolute atomic E-state index is 13.3. The standard InChI is InChI=1S/C16H22FNO2/c1-15(19,8-11-3-2-4-12(17)7-11)16(10-18)9-13-5-6-14(16)20-13/h2-4,7,13-14,19H,5-6,8-10,18H2,1H3. The second-order valence-corrected chi connectivity index (χ2v) is 6.47. The van der Waals surface area contributed by atoms with Crippen LogP contribution in [0.15, 0.2) is 24.3 Å². The molecule has 2 aliphatic heterocycles. The fourth-order valence-corrected chi connectivity index (χ4v) is 4.02. The van der Waals surface area contributed by atoms with E-state index in [0.717, 1.165) is 24.8 Å². The van der Waals surface area contributed by atoms with Gasteiger partial charge in [0.1, 0.15) is 5.82 Å². The van der Waals surface area contributed by atoms with Crippen molar-refractivity contribution in [3.8, 4) is 0 Å². The number of benzene rings is 1. The molecule has 0 saturated carbocycles. The monoisotopic (exact) mass is 279 g/mol. The van der Waals surface area contributed by atoms with E-state index in [1.54, 1.807) is 6.07 Å². The fraction of sp³-hybridized carbons (Fsp3) is 0.625. The van der Waals surface area contributed by atoms with E-state index >= 15 is 0 Å². The third-order valence-electron chi connectivity index (χ3n) is 5.19. The molecule has 2 saturated heterocycles. The van der Waals surface area contributed by atoms with Crippen LogP contribution in [0.2, 0.25) is 0 Å². The molecule has 2 bridgehead atoms. The summed E-state index contributed by atoms with van der Waals surface area (Å²) >= 11 is 0. The molecule has 20 heavy (non-hydrogen) atoms. The SMILES string of the molecule is CC(O)(Cc1cccc(F)c1)C1(CN)CC2CCC1O2. The average molecular weight is 279 g/mol. The molecule has 2 fully saturated rings. The minimum absolute atomic E-state index is 0.0288. The number of nitrogens with two attached hydrogens (primary N) is 1. The highest BCUT2D eigenvalue weighted by Crippen LogP contribution is 2.53. The third kappa shape index (κ3) is 2.07. The largest absolute Gasteiger partial charge is 0.389 e. The zero-order chi connectivity index (χ0) is 14.4. The zero-order valence-electron chi connectivity index (χ0n) is 11.8. The molecule has 3 nitrogen and oxygen atoms in total. The van der Waals surface area contributed by atoms with Gasteiger partial charge in [-0.05, 0) is 43.9 Å². The molecule has 4 unspecified atom stereocenters. The summed E-state index contributed by atoms with van der Waals surface area (Å²) in [5.74, 6) is -0.274. The first-order valence-electron chi connectivity index (χ1n) is 7.29. The molecule has 4 atom stereocenters. The molecule has 0 aliphatic carbocycles. The number of hydrogen-bond donors (Lipinski definition) is 2. The van der Waals surface area contributed by atoms with Gasteiger partial charge in [-0.25, -0.2) is 4.39 Å². The second kappa shape index (κ2) is 4.79. The lowest BCUT2D eigenvalue weighted by atomic mass is 9.62. The predicted molar refractivity (Wildman–Crippen MR) is 74.7 cm³/mol. The average Bonchev–Trinajstić information content (AvgIpc) is 2.98. The van der Waals surface area contributed by atoms with E-state index in [4.69, 9.17) is 10.5 Å². The minimum atomic E-state index is -0.991. The summed E-state index contributed by atoms with van der Waals surface area (Å²) in [6, 6.07) is 6.41. The number of fused-ring (bicyclic) bond motifs is 2. The van der Waals surface area contributed by atoms with Gasteiger partial charge in [0, 0.05) is 18.4 Å². The molecular formula is C16H22FNO2. The van der Waals surface area contributed by atoms with Gasteiger partial charge < -0.3 is 15.6 Å². The van der Waals surface area contributed by atoms with Crippen molar-refractivity contribution in [3.05, 3.63) is 35.6 Å². The van der Waals surface area contributed by atoms with Crippen molar-refractivity contribution in [3.63, 3.8) is 0 Å². The van der Waals surface area contributed by atoms with Crippen LogP contribution in [0.3, 0.4) is 0 Å². The van der Waals surface area contributed by atoms with Gasteiger partial charge in [0.15, 0.2) is 0 Å². The number of hydrogen-bond acceptors (Lipinski definition) is 3. The van der Waals surface area contributed by atoms with E-state index in [1.807, 2.05) is 13.0 Å². The van der Waals surface area contributed by atoms with Crippen molar-refractivity contribution in [2.24, 2.45) is 11.1 Å². The van der Waals surface area contributed by atoms with Crippen molar-refractivity contribution in [1.82, 2.24) is 0 Å². The molecule has 0 amide bonds. The Balaban J connectivity index is 1.87. The molecule has 3 N–H and O–H groups in total. The van der Waals surface area contributed by atoms with E-state index < -0.39 is 11.0 Å². The maximum atomic E-state index is 13.3. The number of rotatable bonds is 4. The zero-order valence-corrected chi connectivity index (χ0v) is 11.8. The van der Waals surface area contributed by atoms with Crippen molar-refractivity contribution >= 4 is 0 Å². The van der Waals surface area contributed by atoms with Crippen molar-refractivity contribution in [2.45, 2.75) is 50.4 Å². The Morgan fingerprint density at radius 3 is 2.85 bits per heavy atom. The quantitative estimate of drug-likeness (QED) is 0.886. The molecule has 3 rings (SSSR count). The maximum Gasteiger partial charge on any atom is 0.123 e. The number of aliphatic hydroxyl groups is 1. The van der Waals surface area contributed by atoms with E-state index in [9.17, 15) is 9.50 Å². The highest BCUT2D eigenvalue weighted by Gasteiger charge is 2.60. The normalized spacial score (nSPS) is 35.2. The van der Waals surface area contributed by atoms with Crippen LogP contribution in [0.1, 0.15) is 31.7 Å². The van der Waals surface area contributed by atoms with Crippen LogP contribution in [-0.2, 0) is 11.2 Å². The van der Waals surface area contributed by atoms with E-state index in [0.29, 0.717) is 13.0 Å². The van der Waals surface area contributed by atoms with Gasteiger partial charge in [-0.2, -0.15) is 0 Å². The summed E-state index contributed by atoms with van der Waals surface area (Å²) in [5.41, 5.74) is 5.40. The Morgan fingerprint density at radius 1 is 1.50 bits per heavy atom. The lowest BCUT2D eigenvalue weighted by Crippen LogP contribution is -2.57. The van der Waals surface area contributed by atoms with Crippen LogP contribution in [0.5, 0.6) is 0 Å². The highest BCUT2D eigenvalue weighted by atomic mass is 19.1. The summed E-state index contributed by atoms with van der Waals surface area (Å²) in [4.78, 5) is 0. The Bertz CT molecular complexity index is 505. The number of ether oxygens (including phenoxy) is 1. The predicted octanol–water partition coefficient (Wildman–Crippen LogP) is 2.02. The molecule has 1 aromatic carbocycles. The summed E-state index contributed by atoms with van der Waals surface area (Å²) in [7, 11) is 0. The van der Waals surface area contributed by atoms with Crippen LogP contribution in [0.25, 0.3) is 0 Å². The van der Waals surface area contributed by atoms with Crippen LogP contribution < -0.4 is 5.73 Å². The molecule has 4 heteroatoms. The smallest absolute Gasteiger partial charge is 0.123 e. The van der Waals surface area contributed by atoms with E-state index in [2.05, 4.69) is 0 Å². The summed E-state index contributed by atoms with van der Waals surface area (Å²) < 4.78 is 19.2. The van der Waals surface area contributed by atoms with Gasteiger partial charge >= 0.3 is 0 Å². The summed E-state index contributed by atoms with van der Waals surface area (Å²) in [5, 5.41) is 11.0. The summed E-state index contributed by atoms with van der Waals surface area (Å²) in [6.45, 7) is 2.21. The Labute approximate surface area is 118 Å². The second-order valence-electron chi connectivity index (χ2n) is 6.47. The van der Waals surface area contributed by atoms with Gasteiger partial charge in [0.2, 0.25) is 0 Å². The van der Waals surface area contributed by atoms with Crippen molar-refractivity contribution in [1.29, 1.82) is 0 Å². The van der Waals surface area contributed by atoms with Gasteiger partial charge in [0.05, 0.1) is 17.8 Å².